The highest BCUT2D eigenvalue weighted by molar-refractivity contribution is 9.10. The number of carbonyl (C=O) groups is 1. The average molecular weight is 287 g/mol. The van der Waals surface area contributed by atoms with Crippen molar-refractivity contribution >= 4 is 21.9 Å². The minimum absolute atomic E-state index is 0.104. The van der Waals surface area contributed by atoms with Gasteiger partial charge in [0, 0.05) is 10.9 Å². The molecule has 3 nitrogen and oxygen atoms in total. The number of aryl methyl sites for hydroxylation is 1. The van der Waals surface area contributed by atoms with Gasteiger partial charge in [-0.3, -0.25) is 0 Å². The molecule has 0 saturated carbocycles. The van der Waals surface area contributed by atoms with Crippen LogP contribution in [0.25, 0.3) is 0 Å². The Morgan fingerprint density at radius 1 is 1.44 bits per heavy atom. The molecule has 0 aliphatic heterocycles. The molecule has 4 heteroatoms. The highest BCUT2D eigenvalue weighted by Gasteiger charge is 2.30. The van der Waals surface area contributed by atoms with Crippen LogP contribution in [0.1, 0.15) is 23.6 Å². The Balaban J connectivity index is 3.08. The van der Waals surface area contributed by atoms with E-state index in [4.69, 9.17) is 5.11 Å². The third-order valence-corrected chi connectivity index (χ3v) is 3.91. The molecule has 1 aromatic rings. The molecule has 0 aliphatic carbocycles. The van der Waals surface area contributed by atoms with Crippen molar-refractivity contribution in [2.45, 2.75) is 32.8 Å². The first-order valence-electron chi connectivity index (χ1n) is 4.96. The summed E-state index contributed by atoms with van der Waals surface area (Å²) in [4.78, 5) is 10.8. The Morgan fingerprint density at radius 3 is 2.50 bits per heavy atom. The van der Waals surface area contributed by atoms with Gasteiger partial charge in [-0.1, -0.05) is 28.1 Å². The first-order chi connectivity index (χ1) is 7.25. The molecular weight excluding hydrogens is 272 g/mol. The molecule has 0 radical (unpaired) electrons. The maximum absolute atomic E-state index is 10.8. The smallest absolute Gasteiger partial charge is 0.335 e. The molecule has 0 amide bonds. The molecule has 0 spiro atoms. The molecule has 0 fully saturated rings. The standard InChI is InChI=1S/C12H15BrO3/c1-7-4-5-9(8(2)10(7)13)6-12(3,16)11(14)15/h4-5,16H,6H2,1-3H3,(H,14,15). The quantitative estimate of drug-likeness (QED) is 0.897. The van der Waals surface area contributed by atoms with E-state index in [-0.39, 0.29) is 6.42 Å². The lowest BCUT2D eigenvalue weighted by Gasteiger charge is -2.20. The van der Waals surface area contributed by atoms with Crippen molar-refractivity contribution in [2.24, 2.45) is 0 Å². The zero-order chi connectivity index (χ0) is 12.5. The minimum atomic E-state index is -1.72. The number of carboxylic acid groups (broad SMARTS) is 1. The fourth-order valence-corrected chi connectivity index (χ4v) is 1.89. The molecule has 2 N–H and O–H groups in total. The Morgan fingerprint density at radius 2 is 2.00 bits per heavy atom. The van der Waals surface area contributed by atoms with E-state index in [0.29, 0.717) is 0 Å². The topological polar surface area (TPSA) is 57.5 Å². The lowest BCUT2D eigenvalue weighted by molar-refractivity contribution is -0.156. The number of hydrogen-bond donors (Lipinski definition) is 2. The van der Waals surface area contributed by atoms with Crippen LogP contribution < -0.4 is 0 Å². The van der Waals surface area contributed by atoms with E-state index in [1.807, 2.05) is 26.0 Å². The van der Waals surface area contributed by atoms with Gasteiger partial charge < -0.3 is 10.2 Å². The number of aliphatic carboxylic acids is 1. The van der Waals surface area contributed by atoms with Crippen molar-refractivity contribution in [3.63, 3.8) is 0 Å². The summed E-state index contributed by atoms with van der Waals surface area (Å²) < 4.78 is 0.964. The first kappa shape index (κ1) is 13.2. The molecule has 0 bridgehead atoms. The van der Waals surface area contributed by atoms with Gasteiger partial charge in [-0.25, -0.2) is 4.79 Å². The van der Waals surface area contributed by atoms with E-state index in [2.05, 4.69) is 15.9 Å². The SMILES string of the molecule is Cc1ccc(CC(C)(O)C(=O)O)c(C)c1Br. The van der Waals surface area contributed by atoms with Gasteiger partial charge in [0.05, 0.1) is 0 Å². The van der Waals surface area contributed by atoms with Crippen LogP contribution >= 0.6 is 15.9 Å². The monoisotopic (exact) mass is 286 g/mol. The molecule has 0 aromatic heterocycles. The van der Waals surface area contributed by atoms with Crippen LogP contribution in [0.15, 0.2) is 16.6 Å². The van der Waals surface area contributed by atoms with Crippen LogP contribution in [-0.4, -0.2) is 21.8 Å². The lowest BCUT2D eigenvalue weighted by atomic mass is 9.93. The number of halogens is 1. The van der Waals surface area contributed by atoms with Gasteiger partial charge in [0.15, 0.2) is 5.60 Å². The van der Waals surface area contributed by atoms with Crippen molar-refractivity contribution in [1.82, 2.24) is 0 Å². The van der Waals surface area contributed by atoms with Crippen LogP contribution in [0.2, 0.25) is 0 Å². The van der Waals surface area contributed by atoms with E-state index < -0.39 is 11.6 Å². The van der Waals surface area contributed by atoms with Crippen molar-refractivity contribution < 1.29 is 15.0 Å². The summed E-state index contributed by atoms with van der Waals surface area (Å²) >= 11 is 3.45. The van der Waals surface area contributed by atoms with Gasteiger partial charge >= 0.3 is 5.97 Å². The zero-order valence-corrected chi connectivity index (χ0v) is 11.1. The summed E-state index contributed by atoms with van der Waals surface area (Å²) in [6.45, 7) is 5.18. The second kappa shape index (κ2) is 4.55. The Bertz CT molecular complexity index is 425. The van der Waals surface area contributed by atoms with Crippen LogP contribution in [0.3, 0.4) is 0 Å². The summed E-state index contributed by atoms with van der Waals surface area (Å²) in [6.07, 6.45) is 0.104. The van der Waals surface area contributed by atoms with Crippen molar-refractivity contribution in [1.29, 1.82) is 0 Å². The summed E-state index contributed by atoms with van der Waals surface area (Å²) in [5.74, 6) is -1.21. The number of benzene rings is 1. The maximum atomic E-state index is 10.8. The van der Waals surface area contributed by atoms with Crippen LogP contribution in [0, 0.1) is 13.8 Å². The molecule has 16 heavy (non-hydrogen) atoms. The third kappa shape index (κ3) is 2.62. The summed E-state index contributed by atoms with van der Waals surface area (Å²) in [5.41, 5.74) is 1.18. The fourth-order valence-electron chi connectivity index (χ4n) is 1.50. The molecule has 0 aliphatic rings. The number of aliphatic hydroxyl groups is 1. The summed E-state index contributed by atoms with van der Waals surface area (Å²) in [7, 11) is 0. The van der Waals surface area contributed by atoms with E-state index in [1.54, 1.807) is 0 Å². The summed E-state index contributed by atoms with van der Waals surface area (Å²) in [5, 5.41) is 18.6. The van der Waals surface area contributed by atoms with E-state index in [1.165, 1.54) is 6.92 Å². The lowest BCUT2D eigenvalue weighted by Crippen LogP contribution is -2.37. The first-order valence-corrected chi connectivity index (χ1v) is 5.75. The molecule has 1 atom stereocenters. The van der Waals surface area contributed by atoms with Gasteiger partial charge in [-0.15, -0.1) is 0 Å². The molecule has 1 aromatic carbocycles. The van der Waals surface area contributed by atoms with Crippen LogP contribution in [0.4, 0.5) is 0 Å². The maximum Gasteiger partial charge on any atom is 0.335 e. The number of rotatable bonds is 3. The van der Waals surface area contributed by atoms with Crippen LogP contribution in [0.5, 0.6) is 0 Å². The largest absolute Gasteiger partial charge is 0.479 e. The highest BCUT2D eigenvalue weighted by atomic mass is 79.9. The van der Waals surface area contributed by atoms with Gasteiger partial charge in [0.25, 0.3) is 0 Å². The number of hydrogen-bond acceptors (Lipinski definition) is 2. The number of carboxylic acids is 1. The minimum Gasteiger partial charge on any atom is -0.479 e. The Hall–Kier alpha value is -0.870. The highest BCUT2D eigenvalue weighted by Crippen LogP contribution is 2.26. The Kier molecular flexibility index (Phi) is 3.76. The summed E-state index contributed by atoms with van der Waals surface area (Å²) in [6, 6.07) is 3.76. The van der Waals surface area contributed by atoms with Crippen molar-refractivity contribution in [3.05, 3.63) is 33.3 Å². The van der Waals surface area contributed by atoms with Gasteiger partial charge in [-0.05, 0) is 37.5 Å². The zero-order valence-electron chi connectivity index (χ0n) is 9.54. The fraction of sp³-hybridized carbons (Fsp3) is 0.417. The van der Waals surface area contributed by atoms with Crippen molar-refractivity contribution in [3.8, 4) is 0 Å². The van der Waals surface area contributed by atoms with Gasteiger partial charge in [0.1, 0.15) is 0 Å². The van der Waals surface area contributed by atoms with Crippen LogP contribution in [-0.2, 0) is 11.2 Å². The molecule has 0 saturated heterocycles. The van der Waals surface area contributed by atoms with E-state index in [9.17, 15) is 9.90 Å². The van der Waals surface area contributed by atoms with E-state index in [0.717, 1.165) is 21.2 Å². The second-order valence-electron chi connectivity index (χ2n) is 4.24. The predicted octanol–water partition coefficient (Wildman–Crippen LogP) is 2.44. The molecule has 1 unspecified atom stereocenters. The second-order valence-corrected chi connectivity index (χ2v) is 5.03. The molecule has 88 valence electrons. The third-order valence-electron chi connectivity index (χ3n) is 2.69. The van der Waals surface area contributed by atoms with Gasteiger partial charge in [0.2, 0.25) is 0 Å². The van der Waals surface area contributed by atoms with E-state index >= 15 is 0 Å². The average Bonchev–Trinajstić information content (AvgIpc) is 2.19. The molecular formula is C12H15BrO3. The van der Waals surface area contributed by atoms with Crippen molar-refractivity contribution in [2.75, 3.05) is 0 Å². The normalized spacial score (nSPS) is 14.6. The Labute approximate surface area is 103 Å². The predicted molar refractivity (Wildman–Crippen MR) is 65.6 cm³/mol. The molecule has 0 heterocycles. The molecule has 1 rings (SSSR count). The van der Waals surface area contributed by atoms with Gasteiger partial charge in [-0.2, -0.15) is 0 Å².